The van der Waals surface area contributed by atoms with E-state index in [2.05, 4.69) is 9.88 Å². The van der Waals surface area contributed by atoms with Gasteiger partial charge in [-0.3, -0.25) is 9.78 Å². The first-order valence-corrected chi connectivity index (χ1v) is 12.7. The fourth-order valence-corrected chi connectivity index (χ4v) is 5.41. The van der Waals surface area contributed by atoms with Gasteiger partial charge < -0.3 is 19.8 Å². The Bertz CT molecular complexity index is 1140. The number of aliphatic hydroxyl groups excluding tert-OH is 1. The van der Waals surface area contributed by atoms with E-state index in [-0.39, 0.29) is 18.3 Å². The molecule has 36 heavy (non-hydrogen) atoms. The zero-order valence-electron chi connectivity index (χ0n) is 20.7. The summed E-state index contributed by atoms with van der Waals surface area (Å²) in [6.45, 7) is 2.06. The number of alkyl halides is 1. The maximum atomic E-state index is 14.6. The van der Waals surface area contributed by atoms with E-state index >= 15 is 0 Å². The van der Waals surface area contributed by atoms with Crippen molar-refractivity contribution in [2.45, 2.75) is 44.4 Å². The Balaban J connectivity index is 1.36. The van der Waals surface area contributed by atoms with Gasteiger partial charge in [0.2, 0.25) is 0 Å². The van der Waals surface area contributed by atoms with Crippen LogP contribution in [0.25, 0.3) is 10.9 Å². The summed E-state index contributed by atoms with van der Waals surface area (Å²) in [4.78, 5) is 18.2. The van der Waals surface area contributed by atoms with E-state index in [1.807, 2.05) is 42.5 Å². The van der Waals surface area contributed by atoms with Crippen LogP contribution in [-0.4, -0.2) is 52.8 Å². The maximum Gasteiger partial charge on any atom is 0.303 e. The Morgan fingerprint density at radius 3 is 2.72 bits per heavy atom. The third-order valence-electron chi connectivity index (χ3n) is 7.42. The van der Waals surface area contributed by atoms with Crippen LogP contribution in [0, 0.1) is 11.8 Å². The minimum atomic E-state index is -1.02. The molecule has 7 heteroatoms. The highest BCUT2D eigenvalue weighted by Crippen LogP contribution is 2.35. The Kier molecular flexibility index (Phi) is 8.88. The number of likely N-dealkylation sites (tertiary alicyclic amines) is 1. The molecule has 1 unspecified atom stereocenters. The Morgan fingerprint density at radius 1 is 1.17 bits per heavy atom. The number of aliphatic hydroxyl groups is 1. The highest BCUT2D eigenvalue weighted by molar-refractivity contribution is 5.83. The SMILES string of the molecule is COc1ccc2nccc([C@@H](O)CC[C@@H]3CCN(CCC(F)c4ccccc4)C[C@@H]3CC(=O)O)c2c1. The molecule has 2 heterocycles. The number of piperidine rings is 1. The molecule has 3 aromatic rings. The molecule has 0 bridgehead atoms. The molecule has 1 saturated heterocycles. The number of carbonyl (C=O) groups is 1. The number of hydrogen-bond donors (Lipinski definition) is 2. The van der Waals surface area contributed by atoms with Gasteiger partial charge in [-0.15, -0.1) is 0 Å². The van der Waals surface area contributed by atoms with E-state index in [0.717, 1.165) is 35.9 Å². The second kappa shape index (κ2) is 12.3. The lowest BCUT2D eigenvalue weighted by atomic mass is 9.79. The van der Waals surface area contributed by atoms with Crippen molar-refractivity contribution in [3.05, 3.63) is 71.9 Å². The molecule has 0 radical (unpaired) electrons. The number of halogens is 1. The summed E-state index contributed by atoms with van der Waals surface area (Å²) >= 11 is 0. The number of pyridine rings is 1. The van der Waals surface area contributed by atoms with Gasteiger partial charge in [0.25, 0.3) is 0 Å². The van der Waals surface area contributed by atoms with Crippen molar-refractivity contribution in [2.75, 3.05) is 26.7 Å². The minimum Gasteiger partial charge on any atom is -0.497 e. The van der Waals surface area contributed by atoms with E-state index in [4.69, 9.17) is 4.74 Å². The Labute approximate surface area is 211 Å². The van der Waals surface area contributed by atoms with Crippen molar-refractivity contribution >= 4 is 16.9 Å². The van der Waals surface area contributed by atoms with Gasteiger partial charge in [-0.25, -0.2) is 4.39 Å². The first kappa shape index (κ1) is 26.0. The molecule has 1 aliphatic rings. The Hall–Kier alpha value is -3.03. The van der Waals surface area contributed by atoms with Crippen molar-refractivity contribution in [3.63, 3.8) is 0 Å². The number of carboxylic acids is 1. The van der Waals surface area contributed by atoms with Crippen molar-refractivity contribution in [1.29, 1.82) is 0 Å². The lowest BCUT2D eigenvalue weighted by molar-refractivity contribution is -0.139. The number of hydrogen-bond acceptors (Lipinski definition) is 5. The van der Waals surface area contributed by atoms with Gasteiger partial charge in [0.15, 0.2) is 0 Å². The largest absolute Gasteiger partial charge is 0.497 e. The van der Waals surface area contributed by atoms with Gasteiger partial charge in [0.1, 0.15) is 11.9 Å². The third kappa shape index (κ3) is 6.59. The van der Waals surface area contributed by atoms with Crippen LogP contribution < -0.4 is 4.74 Å². The number of methoxy groups -OCH3 is 1. The molecule has 0 amide bonds. The van der Waals surface area contributed by atoms with Gasteiger partial charge in [-0.05, 0) is 79.5 Å². The van der Waals surface area contributed by atoms with Gasteiger partial charge in [0, 0.05) is 31.1 Å². The number of aliphatic carboxylic acids is 1. The Morgan fingerprint density at radius 2 is 1.97 bits per heavy atom. The number of ether oxygens (including phenoxy) is 1. The van der Waals surface area contributed by atoms with Crippen LogP contribution in [0.2, 0.25) is 0 Å². The quantitative estimate of drug-likeness (QED) is 0.363. The van der Waals surface area contributed by atoms with E-state index in [1.54, 1.807) is 25.4 Å². The molecule has 6 nitrogen and oxygen atoms in total. The van der Waals surface area contributed by atoms with Gasteiger partial charge in [-0.2, -0.15) is 0 Å². The molecular weight excluding hydrogens is 459 g/mol. The first-order valence-electron chi connectivity index (χ1n) is 12.7. The predicted octanol–water partition coefficient (Wildman–Crippen LogP) is 5.57. The van der Waals surface area contributed by atoms with Crippen LogP contribution in [0.15, 0.2) is 60.8 Å². The molecule has 4 atom stereocenters. The second-order valence-electron chi connectivity index (χ2n) is 9.75. The summed E-state index contributed by atoms with van der Waals surface area (Å²) in [5.74, 6) is 0.0744. The number of rotatable bonds is 11. The smallest absolute Gasteiger partial charge is 0.303 e. The molecule has 1 fully saturated rings. The molecule has 4 rings (SSSR count). The molecule has 2 aromatic carbocycles. The highest BCUT2D eigenvalue weighted by Gasteiger charge is 2.31. The van der Waals surface area contributed by atoms with E-state index < -0.39 is 18.2 Å². The van der Waals surface area contributed by atoms with Crippen LogP contribution in [0.3, 0.4) is 0 Å². The monoisotopic (exact) mass is 494 g/mol. The standard InChI is InChI=1S/C29H35FN2O4/c1-36-23-8-9-27-25(18-23)24(11-14-31-27)28(33)10-7-20-12-15-32(19-22(20)17-29(34)35)16-13-26(30)21-5-3-2-4-6-21/h2-6,8-9,11,14,18,20,22,26,28,33H,7,10,12-13,15-17,19H2,1H3,(H,34,35)/t20-,22+,26?,28+/m1/s1. The van der Waals surface area contributed by atoms with Gasteiger partial charge in [0.05, 0.1) is 18.7 Å². The normalized spacial score (nSPS) is 20.2. The fraction of sp³-hybridized carbons (Fsp3) is 0.448. The number of carboxylic acid groups (broad SMARTS) is 1. The lowest BCUT2D eigenvalue weighted by Crippen LogP contribution is -2.42. The van der Waals surface area contributed by atoms with Crippen molar-refractivity contribution in [2.24, 2.45) is 11.8 Å². The molecule has 192 valence electrons. The highest BCUT2D eigenvalue weighted by atomic mass is 19.1. The number of fused-ring (bicyclic) bond motifs is 1. The lowest BCUT2D eigenvalue weighted by Gasteiger charge is -2.38. The number of nitrogens with zero attached hydrogens (tertiary/aromatic N) is 2. The van der Waals surface area contributed by atoms with Crippen LogP contribution in [0.1, 0.15) is 55.5 Å². The summed E-state index contributed by atoms with van der Waals surface area (Å²) in [7, 11) is 1.61. The molecule has 0 saturated carbocycles. The summed E-state index contributed by atoms with van der Waals surface area (Å²) in [5, 5.41) is 21.4. The molecule has 2 N–H and O–H groups in total. The zero-order valence-corrected chi connectivity index (χ0v) is 20.7. The summed E-state index contributed by atoms with van der Waals surface area (Å²) in [6.07, 6.45) is 2.60. The summed E-state index contributed by atoms with van der Waals surface area (Å²) in [5.41, 5.74) is 2.29. The van der Waals surface area contributed by atoms with E-state index in [0.29, 0.717) is 37.2 Å². The van der Waals surface area contributed by atoms with Crippen LogP contribution in [-0.2, 0) is 4.79 Å². The maximum absolute atomic E-state index is 14.6. The zero-order chi connectivity index (χ0) is 25.5. The fourth-order valence-electron chi connectivity index (χ4n) is 5.41. The predicted molar refractivity (Wildman–Crippen MR) is 138 cm³/mol. The average molecular weight is 495 g/mol. The van der Waals surface area contributed by atoms with Gasteiger partial charge in [-0.1, -0.05) is 30.3 Å². The first-order chi connectivity index (χ1) is 17.4. The third-order valence-corrected chi connectivity index (χ3v) is 7.42. The van der Waals surface area contributed by atoms with Gasteiger partial charge >= 0.3 is 5.97 Å². The number of aromatic nitrogens is 1. The summed E-state index contributed by atoms with van der Waals surface area (Å²) < 4.78 is 20.0. The molecular formula is C29H35FN2O4. The van der Waals surface area contributed by atoms with Crippen molar-refractivity contribution in [3.8, 4) is 5.75 Å². The van der Waals surface area contributed by atoms with Crippen LogP contribution in [0.4, 0.5) is 4.39 Å². The molecule has 1 aliphatic heterocycles. The molecule has 0 aliphatic carbocycles. The summed E-state index contributed by atoms with van der Waals surface area (Å²) in [6, 6.07) is 16.6. The minimum absolute atomic E-state index is 0.0208. The van der Waals surface area contributed by atoms with Crippen molar-refractivity contribution < 1.29 is 24.1 Å². The number of benzene rings is 2. The second-order valence-corrected chi connectivity index (χ2v) is 9.75. The van der Waals surface area contributed by atoms with Crippen LogP contribution >= 0.6 is 0 Å². The van der Waals surface area contributed by atoms with Crippen LogP contribution in [0.5, 0.6) is 5.75 Å². The average Bonchev–Trinajstić information content (AvgIpc) is 2.90. The molecule has 0 spiro atoms. The van der Waals surface area contributed by atoms with Crippen molar-refractivity contribution in [1.82, 2.24) is 9.88 Å². The topological polar surface area (TPSA) is 82.9 Å². The van der Waals surface area contributed by atoms with E-state index in [1.165, 1.54) is 0 Å². The molecule has 1 aromatic heterocycles. The van der Waals surface area contributed by atoms with E-state index in [9.17, 15) is 19.4 Å².